The van der Waals surface area contributed by atoms with Crippen molar-refractivity contribution in [1.82, 2.24) is 19.8 Å². The van der Waals surface area contributed by atoms with Crippen molar-refractivity contribution in [1.29, 1.82) is 0 Å². The first-order chi connectivity index (χ1) is 9.95. The summed E-state index contributed by atoms with van der Waals surface area (Å²) < 4.78 is 27.3. The lowest BCUT2D eigenvalue weighted by atomic mass is 10.1. The molecular formula is C13H25N5O2S. The van der Waals surface area contributed by atoms with Gasteiger partial charge in [-0.1, -0.05) is 6.42 Å². The lowest BCUT2D eigenvalue weighted by molar-refractivity contribution is 0.175. The molecule has 1 atom stereocenters. The smallest absolute Gasteiger partial charge is 0.260 e. The molecule has 1 aliphatic rings. The van der Waals surface area contributed by atoms with Crippen molar-refractivity contribution in [3.8, 4) is 0 Å². The number of H-pyrrole nitrogens is 1. The fourth-order valence-electron chi connectivity index (χ4n) is 2.68. The number of nitrogens with two attached hydrogens (primary N) is 1. The summed E-state index contributed by atoms with van der Waals surface area (Å²) in [5.74, 6) is 0. The van der Waals surface area contributed by atoms with Gasteiger partial charge in [0.1, 0.15) is 0 Å². The molecule has 1 aliphatic heterocycles. The maximum absolute atomic E-state index is 12.3. The van der Waals surface area contributed by atoms with Crippen LogP contribution in [0.5, 0.6) is 0 Å². The second-order valence-electron chi connectivity index (χ2n) is 5.63. The number of piperidine rings is 1. The van der Waals surface area contributed by atoms with Gasteiger partial charge in [-0.3, -0.25) is 10.00 Å². The van der Waals surface area contributed by atoms with E-state index in [1.807, 2.05) is 6.92 Å². The number of aromatic amines is 1. The number of hydrogen-bond donors (Lipinski definition) is 3. The van der Waals surface area contributed by atoms with E-state index in [0.717, 1.165) is 13.1 Å². The number of likely N-dealkylation sites (tertiary alicyclic amines) is 1. The van der Waals surface area contributed by atoms with E-state index in [-0.39, 0.29) is 17.6 Å². The van der Waals surface area contributed by atoms with E-state index in [1.165, 1.54) is 19.3 Å². The van der Waals surface area contributed by atoms with E-state index in [4.69, 9.17) is 5.73 Å². The van der Waals surface area contributed by atoms with Crippen LogP contribution in [0.3, 0.4) is 0 Å². The Balaban J connectivity index is 2.00. The first-order valence-electron chi connectivity index (χ1n) is 7.43. The summed E-state index contributed by atoms with van der Waals surface area (Å²) in [6.45, 7) is 6.44. The van der Waals surface area contributed by atoms with Crippen LogP contribution in [0.1, 0.15) is 37.4 Å². The SMILES string of the molecule is Cc1[nH]nc(S(=O)(=O)NCC(C)N2CCCCC2)c1CN. The molecule has 0 aliphatic carbocycles. The molecule has 1 aromatic rings. The van der Waals surface area contributed by atoms with Gasteiger partial charge in [-0.15, -0.1) is 0 Å². The van der Waals surface area contributed by atoms with Crippen LogP contribution >= 0.6 is 0 Å². The molecule has 1 fully saturated rings. The Morgan fingerprint density at radius 3 is 2.67 bits per heavy atom. The normalized spacial score (nSPS) is 18.8. The predicted octanol–water partition coefficient (Wildman–Crippen LogP) is 0.330. The molecule has 0 aromatic carbocycles. The predicted molar refractivity (Wildman–Crippen MR) is 81.3 cm³/mol. The molecule has 4 N–H and O–H groups in total. The van der Waals surface area contributed by atoms with E-state index in [9.17, 15) is 8.42 Å². The number of nitrogens with zero attached hydrogens (tertiary/aromatic N) is 2. The van der Waals surface area contributed by atoms with Crippen LogP contribution in [0.2, 0.25) is 0 Å². The molecule has 8 heteroatoms. The minimum absolute atomic E-state index is 0.0216. The minimum atomic E-state index is -3.61. The molecule has 1 unspecified atom stereocenters. The van der Waals surface area contributed by atoms with Gasteiger partial charge in [0.15, 0.2) is 5.03 Å². The third-order valence-electron chi connectivity index (χ3n) is 4.08. The highest BCUT2D eigenvalue weighted by molar-refractivity contribution is 7.89. The van der Waals surface area contributed by atoms with Crippen LogP contribution in [-0.4, -0.2) is 49.2 Å². The van der Waals surface area contributed by atoms with Gasteiger partial charge in [-0.25, -0.2) is 13.1 Å². The van der Waals surface area contributed by atoms with Gasteiger partial charge in [0.2, 0.25) is 0 Å². The molecule has 1 saturated heterocycles. The van der Waals surface area contributed by atoms with E-state index in [2.05, 4.69) is 19.8 Å². The summed E-state index contributed by atoms with van der Waals surface area (Å²) in [6.07, 6.45) is 3.64. The third kappa shape index (κ3) is 3.82. The van der Waals surface area contributed by atoms with E-state index >= 15 is 0 Å². The van der Waals surface area contributed by atoms with Gasteiger partial charge in [0.05, 0.1) is 0 Å². The maximum Gasteiger partial charge on any atom is 0.260 e. The number of rotatable bonds is 6. The minimum Gasteiger partial charge on any atom is -0.326 e. The zero-order chi connectivity index (χ0) is 15.5. The number of sulfonamides is 1. The van der Waals surface area contributed by atoms with Gasteiger partial charge in [0.25, 0.3) is 10.0 Å². The van der Waals surface area contributed by atoms with E-state index in [1.54, 1.807) is 6.92 Å². The highest BCUT2D eigenvalue weighted by atomic mass is 32.2. The number of nitrogens with one attached hydrogen (secondary N) is 2. The molecule has 0 spiro atoms. The lowest BCUT2D eigenvalue weighted by Gasteiger charge is -2.32. The van der Waals surface area contributed by atoms with Crippen molar-refractivity contribution in [2.24, 2.45) is 5.73 Å². The quantitative estimate of drug-likeness (QED) is 0.702. The van der Waals surface area contributed by atoms with Gasteiger partial charge < -0.3 is 5.73 Å². The third-order valence-corrected chi connectivity index (χ3v) is 5.47. The van der Waals surface area contributed by atoms with Crippen LogP contribution in [0.4, 0.5) is 0 Å². The highest BCUT2D eigenvalue weighted by Crippen LogP contribution is 2.16. The molecule has 7 nitrogen and oxygen atoms in total. The largest absolute Gasteiger partial charge is 0.326 e. The summed E-state index contributed by atoms with van der Waals surface area (Å²) in [7, 11) is -3.61. The standard InChI is InChI=1S/C13H25N5O2S/c1-10(18-6-4-3-5-7-18)9-15-21(19,20)13-12(8-14)11(2)16-17-13/h10,15H,3-9,14H2,1-2H3,(H,16,17). The number of aryl methyl sites for hydroxylation is 1. The van der Waals surface area contributed by atoms with Gasteiger partial charge in [0, 0.05) is 30.4 Å². The van der Waals surface area contributed by atoms with Crippen molar-refractivity contribution in [3.63, 3.8) is 0 Å². The molecule has 2 rings (SSSR count). The first-order valence-corrected chi connectivity index (χ1v) is 8.91. The van der Waals surface area contributed by atoms with Crippen LogP contribution < -0.4 is 10.5 Å². The highest BCUT2D eigenvalue weighted by Gasteiger charge is 2.25. The second kappa shape index (κ2) is 6.87. The molecule has 21 heavy (non-hydrogen) atoms. The first kappa shape index (κ1) is 16.4. The Morgan fingerprint density at radius 1 is 1.38 bits per heavy atom. The van der Waals surface area contributed by atoms with Gasteiger partial charge in [-0.05, 0) is 39.8 Å². The monoisotopic (exact) mass is 315 g/mol. The Morgan fingerprint density at radius 2 is 2.05 bits per heavy atom. The van der Waals surface area contributed by atoms with E-state index in [0.29, 0.717) is 17.8 Å². The van der Waals surface area contributed by atoms with Gasteiger partial charge in [-0.2, -0.15) is 5.10 Å². The summed E-state index contributed by atoms with van der Waals surface area (Å²) in [5, 5.41) is 6.59. The Hall–Kier alpha value is -0.960. The summed E-state index contributed by atoms with van der Waals surface area (Å²) in [4.78, 5) is 2.33. The molecule has 0 amide bonds. The molecule has 0 saturated carbocycles. The number of aromatic nitrogens is 2. The van der Waals surface area contributed by atoms with Crippen molar-refractivity contribution in [3.05, 3.63) is 11.3 Å². The molecule has 2 heterocycles. The van der Waals surface area contributed by atoms with Crippen LogP contribution in [0.25, 0.3) is 0 Å². The Kier molecular flexibility index (Phi) is 5.37. The molecular weight excluding hydrogens is 290 g/mol. The molecule has 120 valence electrons. The van der Waals surface area contributed by atoms with Crippen molar-refractivity contribution < 1.29 is 8.42 Å². The van der Waals surface area contributed by atoms with Crippen LogP contribution in [0.15, 0.2) is 5.03 Å². The zero-order valence-corrected chi connectivity index (χ0v) is 13.5. The van der Waals surface area contributed by atoms with Crippen molar-refractivity contribution >= 4 is 10.0 Å². The van der Waals surface area contributed by atoms with Crippen molar-refractivity contribution in [2.45, 2.75) is 50.7 Å². The number of hydrogen-bond acceptors (Lipinski definition) is 5. The topological polar surface area (TPSA) is 104 Å². The van der Waals surface area contributed by atoms with Gasteiger partial charge >= 0.3 is 0 Å². The van der Waals surface area contributed by atoms with Crippen molar-refractivity contribution in [2.75, 3.05) is 19.6 Å². The fourth-order valence-corrected chi connectivity index (χ4v) is 4.00. The Labute approximate surface area is 126 Å². The maximum atomic E-state index is 12.3. The summed E-state index contributed by atoms with van der Waals surface area (Å²) in [5.41, 5.74) is 6.85. The lowest BCUT2D eigenvalue weighted by Crippen LogP contribution is -2.44. The Bertz CT molecular complexity index is 563. The molecule has 0 bridgehead atoms. The average molecular weight is 315 g/mol. The second-order valence-corrected chi connectivity index (χ2v) is 7.32. The molecule has 1 aromatic heterocycles. The van der Waals surface area contributed by atoms with Crippen LogP contribution in [-0.2, 0) is 16.6 Å². The summed E-state index contributed by atoms with van der Waals surface area (Å²) >= 11 is 0. The average Bonchev–Trinajstić information content (AvgIpc) is 2.87. The fraction of sp³-hybridized carbons (Fsp3) is 0.769. The van der Waals surface area contributed by atoms with Crippen LogP contribution in [0, 0.1) is 6.92 Å². The van der Waals surface area contributed by atoms with E-state index < -0.39 is 10.0 Å². The molecule has 0 radical (unpaired) electrons. The zero-order valence-electron chi connectivity index (χ0n) is 12.7. The summed E-state index contributed by atoms with van der Waals surface area (Å²) in [6, 6.07) is 0.182.